The number of carbonyl (C=O) groups is 2. The molecule has 0 fully saturated rings. The van der Waals surface area contributed by atoms with Crippen LogP contribution in [0.15, 0.2) is 48.5 Å². The molecule has 2 unspecified atom stereocenters. The number of fused-ring (bicyclic) bond motifs is 3. The largest absolute Gasteiger partial charge is 0.494 e. The maximum atomic E-state index is 13.8. The van der Waals surface area contributed by atoms with Gasteiger partial charge in [0.05, 0.1) is 30.3 Å². The van der Waals surface area contributed by atoms with E-state index in [1.165, 1.54) is 0 Å². The Kier molecular flexibility index (Phi) is 6.96. The minimum atomic E-state index is -1.01. The zero-order valence-corrected chi connectivity index (χ0v) is 19.5. The number of anilines is 1. The molecule has 7 nitrogen and oxygen atoms in total. The Hall–Kier alpha value is -3.35. The first-order chi connectivity index (χ1) is 16.1. The number of hydrogen-bond acceptors (Lipinski definition) is 5. The van der Waals surface area contributed by atoms with Crippen molar-refractivity contribution >= 4 is 28.9 Å². The highest BCUT2D eigenvalue weighted by molar-refractivity contribution is 6.08. The number of nitrogens with zero attached hydrogens (tertiary/aromatic N) is 3. The van der Waals surface area contributed by atoms with Gasteiger partial charge in [0, 0.05) is 6.54 Å². The summed E-state index contributed by atoms with van der Waals surface area (Å²) in [6.07, 6.45) is 2.87. The zero-order valence-electron chi connectivity index (χ0n) is 19.5. The number of aromatic nitrogens is 2. The lowest BCUT2D eigenvalue weighted by Crippen LogP contribution is -2.50. The van der Waals surface area contributed by atoms with Gasteiger partial charge in [0.15, 0.2) is 5.92 Å². The number of amides is 1. The highest BCUT2D eigenvalue weighted by Crippen LogP contribution is 2.42. The normalized spacial score (nSPS) is 17.8. The summed E-state index contributed by atoms with van der Waals surface area (Å²) in [4.78, 5) is 33.5. The highest BCUT2D eigenvalue weighted by atomic mass is 16.5. The molecule has 1 aliphatic rings. The summed E-state index contributed by atoms with van der Waals surface area (Å²) in [5.74, 6) is -0.517. The molecule has 4 rings (SSSR count). The first kappa shape index (κ1) is 22.8. The monoisotopic (exact) mass is 449 g/mol. The van der Waals surface area contributed by atoms with Gasteiger partial charge in [0.1, 0.15) is 5.75 Å². The molecule has 2 heterocycles. The molecular formula is C26H31N3O4. The third-order valence-electron chi connectivity index (χ3n) is 5.98. The number of benzene rings is 2. The molecule has 1 aromatic heterocycles. The second kappa shape index (κ2) is 10.1. The van der Waals surface area contributed by atoms with Crippen LogP contribution in [0.25, 0.3) is 11.0 Å². The Morgan fingerprint density at radius 1 is 1.03 bits per heavy atom. The van der Waals surface area contributed by atoms with Crippen molar-refractivity contribution < 1.29 is 19.1 Å². The average molecular weight is 450 g/mol. The molecule has 0 saturated heterocycles. The number of ether oxygens (including phenoxy) is 2. The SMILES string of the molecule is CCCCCN1C(=O)C(C(=O)OCC)C(c2cccc(OCC)c2)n2c1nc1ccccc12. The van der Waals surface area contributed by atoms with E-state index in [-0.39, 0.29) is 12.5 Å². The number of hydrogen-bond donors (Lipinski definition) is 0. The molecule has 0 spiro atoms. The van der Waals surface area contributed by atoms with E-state index in [2.05, 4.69) is 6.92 Å². The van der Waals surface area contributed by atoms with Gasteiger partial charge in [-0.25, -0.2) is 4.98 Å². The summed E-state index contributed by atoms with van der Waals surface area (Å²) in [6, 6.07) is 14.8. The fourth-order valence-corrected chi connectivity index (χ4v) is 4.54. The van der Waals surface area contributed by atoms with Crippen LogP contribution >= 0.6 is 0 Å². The van der Waals surface area contributed by atoms with E-state index in [1.807, 2.05) is 60.0 Å². The summed E-state index contributed by atoms with van der Waals surface area (Å²) in [5, 5.41) is 0. The third kappa shape index (κ3) is 4.32. The van der Waals surface area contributed by atoms with Crippen molar-refractivity contribution in [2.24, 2.45) is 5.92 Å². The van der Waals surface area contributed by atoms with Crippen LogP contribution in [0.5, 0.6) is 5.75 Å². The maximum absolute atomic E-state index is 13.8. The fourth-order valence-electron chi connectivity index (χ4n) is 4.54. The summed E-state index contributed by atoms with van der Waals surface area (Å²) in [7, 11) is 0. The molecule has 3 aromatic rings. The highest BCUT2D eigenvalue weighted by Gasteiger charge is 2.47. The predicted octanol–water partition coefficient (Wildman–Crippen LogP) is 4.74. The lowest BCUT2D eigenvalue weighted by atomic mass is 9.89. The van der Waals surface area contributed by atoms with E-state index in [9.17, 15) is 9.59 Å². The van der Waals surface area contributed by atoms with Crippen LogP contribution in [0.1, 0.15) is 51.6 Å². The van der Waals surface area contributed by atoms with Crippen LogP contribution in [0.4, 0.5) is 5.95 Å². The molecule has 0 saturated carbocycles. The lowest BCUT2D eigenvalue weighted by Gasteiger charge is -2.38. The van der Waals surface area contributed by atoms with Crippen molar-refractivity contribution in [3.05, 3.63) is 54.1 Å². The van der Waals surface area contributed by atoms with E-state index in [1.54, 1.807) is 11.8 Å². The number of rotatable bonds is 9. The van der Waals surface area contributed by atoms with Gasteiger partial charge < -0.3 is 14.0 Å². The minimum absolute atomic E-state index is 0.210. The Morgan fingerprint density at radius 2 is 1.85 bits per heavy atom. The number of unbranched alkanes of at least 4 members (excludes halogenated alkanes) is 2. The van der Waals surface area contributed by atoms with Gasteiger partial charge in [0.2, 0.25) is 11.9 Å². The lowest BCUT2D eigenvalue weighted by molar-refractivity contribution is -0.153. The van der Waals surface area contributed by atoms with Crippen LogP contribution in [-0.4, -0.2) is 41.2 Å². The molecule has 33 heavy (non-hydrogen) atoms. The van der Waals surface area contributed by atoms with Crippen molar-refractivity contribution in [3.63, 3.8) is 0 Å². The molecule has 174 valence electrons. The van der Waals surface area contributed by atoms with Gasteiger partial charge in [-0.2, -0.15) is 0 Å². The smallest absolute Gasteiger partial charge is 0.321 e. The van der Waals surface area contributed by atoms with Crippen LogP contribution in [0.3, 0.4) is 0 Å². The Morgan fingerprint density at radius 3 is 2.61 bits per heavy atom. The first-order valence-electron chi connectivity index (χ1n) is 11.8. The van der Waals surface area contributed by atoms with E-state index < -0.39 is 17.9 Å². The molecule has 2 aromatic carbocycles. The number of esters is 1. The zero-order chi connectivity index (χ0) is 23.4. The van der Waals surface area contributed by atoms with Gasteiger partial charge in [-0.05, 0) is 50.1 Å². The van der Waals surface area contributed by atoms with Crippen molar-refractivity contribution in [1.82, 2.24) is 9.55 Å². The first-order valence-corrected chi connectivity index (χ1v) is 11.8. The second-order valence-corrected chi connectivity index (χ2v) is 8.15. The van der Waals surface area contributed by atoms with Crippen molar-refractivity contribution in [2.75, 3.05) is 24.7 Å². The van der Waals surface area contributed by atoms with E-state index in [0.29, 0.717) is 24.8 Å². The molecule has 2 atom stereocenters. The van der Waals surface area contributed by atoms with Crippen molar-refractivity contribution in [2.45, 2.75) is 46.1 Å². The predicted molar refractivity (Wildman–Crippen MR) is 127 cm³/mol. The molecule has 7 heteroatoms. The minimum Gasteiger partial charge on any atom is -0.494 e. The second-order valence-electron chi connectivity index (χ2n) is 8.15. The third-order valence-corrected chi connectivity index (χ3v) is 5.98. The Balaban J connectivity index is 1.93. The summed E-state index contributed by atoms with van der Waals surface area (Å²) >= 11 is 0. The van der Waals surface area contributed by atoms with E-state index in [4.69, 9.17) is 14.5 Å². The molecule has 1 aliphatic heterocycles. The van der Waals surface area contributed by atoms with E-state index >= 15 is 0 Å². The molecule has 0 bridgehead atoms. The fraction of sp³-hybridized carbons (Fsp3) is 0.423. The number of imidazole rings is 1. The van der Waals surface area contributed by atoms with E-state index in [0.717, 1.165) is 35.9 Å². The van der Waals surface area contributed by atoms with Gasteiger partial charge >= 0.3 is 5.97 Å². The van der Waals surface area contributed by atoms with Gasteiger partial charge in [-0.1, -0.05) is 44.0 Å². The van der Waals surface area contributed by atoms with Crippen LogP contribution in [0.2, 0.25) is 0 Å². The summed E-state index contributed by atoms with van der Waals surface area (Å²) in [5.41, 5.74) is 2.47. The van der Waals surface area contributed by atoms with Crippen LogP contribution in [0, 0.1) is 5.92 Å². The van der Waals surface area contributed by atoms with Crippen molar-refractivity contribution in [3.8, 4) is 5.75 Å². The number of para-hydroxylation sites is 2. The topological polar surface area (TPSA) is 73.7 Å². The average Bonchev–Trinajstić information content (AvgIpc) is 3.19. The molecule has 0 aliphatic carbocycles. The summed E-state index contributed by atoms with van der Waals surface area (Å²) < 4.78 is 13.1. The standard InChI is InChI=1S/C26H31N3O4/c1-4-7-10-16-28-24(30)22(25(31)33-6-3)23(18-12-11-13-19(17-18)32-5-2)29-21-15-9-8-14-20(21)27-26(28)29/h8-9,11-15,17,22-23H,4-7,10,16H2,1-3H3. The van der Waals surface area contributed by atoms with Gasteiger partial charge in [-0.15, -0.1) is 0 Å². The molecule has 0 N–H and O–H groups in total. The Labute approximate surface area is 194 Å². The van der Waals surface area contributed by atoms with Crippen LogP contribution in [-0.2, 0) is 14.3 Å². The quantitative estimate of drug-likeness (QED) is 0.268. The molecule has 1 amide bonds. The van der Waals surface area contributed by atoms with Gasteiger partial charge in [0.25, 0.3) is 0 Å². The number of carbonyl (C=O) groups excluding carboxylic acids is 2. The summed E-state index contributed by atoms with van der Waals surface area (Å²) in [6.45, 7) is 7.05. The van der Waals surface area contributed by atoms with Gasteiger partial charge in [-0.3, -0.25) is 14.5 Å². The molecule has 0 radical (unpaired) electrons. The maximum Gasteiger partial charge on any atom is 0.321 e. The molecular weight excluding hydrogens is 418 g/mol. The van der Waals surface area contributed by atoms with Crippen molar-refractivity contribution in [1.29, 1.82) is 0 Å². The Bertz CT molecular complexity index is 1140. The van der Waals surface area contributed by atoms with Crippen LogP contribution < -0.4 is 9.64 Å².